The predicted molar refractivity (Wildman–Crippen MR) is 96.1 cm³/mol. The molecular formula is C20H17FN2O3. The first-order valence-corrected chi connectivity index (χ1v) is 7.99. The zero-order valence-corrected chi connectivity index (χ0v) is 14.1. The number of carbonyl (C=O) groups is 2. The second-order valence-electron chi connectivity index (χ2n) is 5.75. The standard InChI is InChI=1S/C20H17FN2O3/c1-23(13-19(24)22-16-5-3-2-4-6-16)20(25)18-12-11-17(26-18)14-7-9-15(21)10-8-14/h2-12H,13H2,1H3,(H,22,24). The van der Waals surface area contributed by atoms with Crippen LogP contribution in [0.3, 0.4) is 0 Å². The summed E-state index contributed by atoms with van der Waals surface area (Å²) in [6.45, 7) is -0.111. The summed E-state index contributed by atoms with van der Waals surface area (Å²) < 4.78 is 18.5. The molecule has 26 heavy (non-hydrogen) atoms. The van der Waals surface area contributed by atoms with Gasteiger partial charge in [0.1, 0.15) is 11.6 Å². The van der Waals surface area contributed by atoms with Crippen molar-refractivity contribution >= 4 is 17.5 Å². The summed E-state index contributed by atoms with van der Waals surface area (Å²) in [6.07, 6.45) is 0. The van der Waals surface area contributed by atoms with Crippen molar-refractivity contribution in [3.63, 3.8) is 0 Å². The first-order chi connectivity index (χ1) is 12.5. The number of nitrogens with one attached hydrogen (secondary N) is 1. The number of amides is 2. The van der Waals surface area contributed by atoms with Crippen LogP contribution in [0.2, 0.25) is 0 Å². The van der Waals surface area contributed by atoms with Gasteiger partial charge in [-0.1, -0.05) is 18.2 Å². The smallest absolute Gasteiger partial charge is 0.289 e. The van der Waals surface area contributed by atoms with E-state index in [2.05, 4.69) is 5.32 Å². The van der Waals surface area contributed by atoms with Gasteiger partial charge in [-0.2, -0.15) is 0 Å². The lowest BCUT2D eigenvalue weighted by atomic mass is 10.2. The molecule has 0 fully saturated rings. The first kappa shape index (κ1) is 17.4. The quantitative estimate of drug-likeness (QED) is 0.760. The second-order valence-corrected chi connectivity index (χ2v) is 5.75. The Morgan fingerprint density at radius 1 is 1.00 bits per heavy atom. The Hall–Kier alpha value is -3.41. The number of benzene rings is 2. The molecule has 1 aromatic heterocycles. The molecule has 0 aliphatic rings. The van der Waals surface area contributed by atoms with E-state index in [1.165, 1.54) is 30.1 Å². The summed E-state index contributed by atoms with van der Waals surface area (Å²) in [4.78, 5) is 25.7. The van der Waals surface area contributed by atoms with Crippen LogP contribution in [0.15, 0.2) is 71.1 Å². The number of carbonyl (C=O) groups excluding carboxylic acids is 2. The van der Waals surface area contributed by atoms with Crippen LogP contribution in [-0.2, 0) is 4.79 Å². The van der Waals surface area contributed by atoms with Gasteiger partial charge in [-0.3, -0.25) is 9.59 Å². The monoisotopic (exact) mass is 352 g/mol. The van der Waals surface area contributed by atoms with E-state index < -0.39 is 5.91 Å². The minimum Gasteiger partial charge on any atom is -0.451 e. The highest BCUT2D eigenvalue weighted by atomic mass is 19.1. The molecule has 132 valence electrons. The Morgan fingerprint density at radius 2 is 1.69 bits per heavy atom. The summed E-state index contributed by atoms with van der Waals surface area (Å²) in [5.41, 5.74) is 1.32. The van der Waals surface area contributed by atoms with Crippen LogP contribution in [0, 0.1) is 5.82 Å². The second kappa shape index (κ2) is 7.65. The van der Waals surface area contributed by atoms with E-state index in [0.717, 1.165) is 0 Å². The van der Waals surface area contributed by atoms with Gasteiger partial charge in [0.15, 0.2) is 5.76 Å². The Labute approximate surface area is 150 Å². The molecule has 0 spiro atoms. The van der Waals surface area contributed by atoms with Gasteiger partial charge in [0.05, 0.1) is 6.54 Å². The molecular weight excluding hydrogens is 335 g/mol. The summed E-state index contributed by atoms with van der Waals surface area (Å²) >= 11 is 0. The summed E-state index contributed by atoms with van der Waals surface area (Å²) in [6, 6.07) is 17.9. The maximum Gasteiger partial charge on any atom is 0.289 e. The van der Waals surface area contributed by atoms with Crippen LogP contribution in [0.1, 0.15) is 10.6 Å². The predicted octanol–water partition coefficient (Wildman–Crippen LogP) is 3.80. The van der Waals surface area contributed by atoms with Crippen molar-refractivity contribution in [2.24, 2.45) is 0 Å². The van der Waals surface area contributed by atoms with E-state index in [1.54, 1.807) is 30.3 Å². The topological polar surface area (TPSA) is 62.6 Å². The van der Waals surface area contributed by atoms with Crippen molar-refractivity contribution in [3.8, 4) is 11.3 Å². The molecule has 0 radical (unpaired) electrons. The molecule has 5 nitrogen and oxygen atoms in total. The fraction of sp³-hybridized carbons (Fsp3) is 0.100. The molecule has 0 aliphatic heterocycles. The number of rotatable bonds is 5. The van der Waals surface area contributed by atoms with Gasteiger partial charge < -0.3 is 14.6 Å². The zero-order valence-electron chi connectivity index (χ0n) is 14.1. The molecule has 1 heterocycles. The van der Waals surface area contributed by atoms with Crippen molar-refractivity contribution in [2.45, 2.75) is 0 Å². The van der Waals surface area contributed by atoms with Crippen LogP contribution in [0.5, 0.6) is 0 Å². The van der Waals surface area contributed by atoms with Gasteiger partial charge in [-0.15, -0.1) is 0 Å². The van der Waals surface area contributed by atoms with Crippen molar-refractivity contribution in [2.75, 3.05) is 18.9 Å². The highest BCUT2D eigenvalue weighted by Crippen LogP contribution is 2.23. The Bertz CT molecular complexity index is 904. The van der Waals surface area contributed by atoms with Gasteiger partial charge >= 0.3 is 0 Å². The van der Waals surface area contributed by atoms with Crippen molar-refractivity contribution < 1.29 is 18.4 Å². The van der Waals surface area contributed by atoms with E-state index in [1.807, 2.05) is 18.2 Å². The van der Waals surface area contributed by atoms with Gasteiger partial charge in [-0.25, -0.2) is 4.39 Å². The minimum atomic E-state index is -0.415. The number of anilines is 1. The molecule has 0 saturated carbocycles. The van der Waals surface area contributed by atoms with Crippen molar-refractivity contribution in [3.05, 3.63) is 78.3 Å². The summed E-state index contributed by atoms with van der Waals surface area (Å²) in [5.74, 6) is -0.505. The number of furan rings is 1. The Morgan fingerprint density at radius 3 is 2.38 bits per heavy atom. The number of halogens is 1. The Kier molecular flexibility index (Phi) is 5.12. The number of hydrogen-bond acceptors (Lipinski definition) is 3. The lowest BCUT2D eigenvalue weighted by molar-refractivity contribution is -0.116. The fourth-order valence-corrected chi connectivity index (χ4v) is 2.42. The molecule has 2 aromatic carbocycles. The van der Waals surface area contributed by atoms with Crippen LogP contribution in [-0.4, -0.2) is 30.3 Å². The molecule has 6 heteroatoms. The van der Waals surface area contributed by atoms with Crippen molar-refractivity contribution in [1.29, 1.82) is 0 Å². The largest absolute Gasteiger partial charge is 0.451 e. The number of nitrogens with zero attached hydrogens (tertiary/aromatic N) is 1. The molecule has 3 aromatic rings. The summed E-state index contributed by atoms with van der Waals surface area (Å²) in [7, 11) is 1.52. The van der Waals surface area contributed by atoms with E-state index in [9.17, 15) is 14.0 Å². The van der Waals surface area contributed by atoms with Crippen LogP contribution in [0.25, 0.3) is 11.3 Å². The van der Waals surface area contributed by atoms with Crippen molar-refractivity contribution in [1.82, 2.24) is 4.90 Å². The number of hydrogen-bond donors (Lipinski definition) is 1. The van der Waals surface area contributed by atoms with Gasteiger partial charge in [-0.05, 0) is 48.5 Å². The molecule has 0 bridgehead atoms. The molecule has 2 amide bonds. The average molecular weight is 352 g/mol. The SMILES string of the molecule is CN(CC(=O)Nc1ccccc1)C(=O)c1ccc(-c2ccc(F)cc2)o1. The summed E-state index contributed by atoms with van der Waals surface area (Å²) in [5, 5.41) is 2.72. The Balaban J connectivity index is 1.63. The minimum absolute atomic E-state index is 0.110. The molecule has 0 unspecified atom stereocenters. The average Bonchev–Trinajstić information content (AvgIpc) is 3.12. The lowest BCUT2D eigenvalue weighted by Gasteiger charge is -2.15. The van der Waals surface area contributed by atoms with E-state index >= 15 is 0 Å². The third kappa shape index (κ3) is 4.16. The van der Waals surface area contributed by atoms with Crippen LogP contribution >= 0.6 is 0 Å². The number of para-hydroxylation sites is 1. The van der Waals surface area contributed by atoms with E-state index in [4.69, 9.17) is 4.42 Å². The third-order valence-electron chi connectivity index (χ3n) is 3.73. The fourth-order valence-electron chi connectivity index (χ4n) is 2.42. The highest BCUT2D eigenvalue weighted by Gasteiger charge is 2.19. The molecule has 1 N–H and O–H groups in total. The van der Waals surface area contributed by atoms with E-state index in [-0.39, 0.29) is 24.0 Å². The number of likely N-dealkylation sites (N-methyl/N-ethyl adjacent to an activating group) is 1. The highest BCUT2D eigenvalue weighted by molar-refractivity contribution is 5.98. The molecule has 0 saturated heterocycles. The molecule has 0 atom stereocenters. The van der Waals surface area contributed by atoms with Crippen LogP contribution < -0.4 is 5.32 Å². The first-order valence-electron chi connectivity index (χ1n) is 7.99. The lowest BCUT2D eigenvalue weighted by Crippen LogP contribution is -2.34. The maximum atomic E-state index is 13.0. The normalized spacial score (nSPS) is 10.4. The molecule has 3 rings (SSSR count). The van der Waals surface area contributed by atoms with E-state index in [0.29, 0.717) is 17.0 Å². The third-order valence-corrected chi connectivity index (χ3v) is 3.73. The van der Waals surface area contributed by atoms with Gasteiger partial charge in [0.25, 0.3) is 5.91 Å². The maximum absolute atomic E-state index is 13.0. The molecule has 0 aliphatic carbocycles. The van der Waals surface area contributed by atoms with Gasteiger partial charge in [0.2, 0.25) is 5.91 Å². The van der Waals surface area contributed by atoms with Crippen LogP contribution in [0.4, 0.5) is 10.1 Å². The zero-order chi connectivity index (χ0) is 18.5. The van der Waals surface area contributed by atoms with Gasteiger partial charge in [0, 0.05) is 18.3 Å².